The third kappa shape index (κ3) is 2.38. The molecule has 6 heteroatoms. The predicted molar refractivity (Wildman–Crippen MR) is 56.1 cm³/mol. The highest BCUT2D eigenvalue weighted by Crippen LogP contribution is 2.12. The Balaban J connectivity index is 0.00000112. The zero-order chi connectivity index (χ0) is 9.97. The molecule has 2 aromatic rings. The van der Waals surface area contributed by atoms with Gasteiger partial charge in [-0.05, 0) is 12.1 Å². The van der Waals surface area contributed by atoms with Crippen LogP contribution in [0.1, 0.15) is 0 Å². The van der Waals surface area contributed by atoms with Crippen LogP contribution in [0.15, 0.2) is 35.4 Å². The predicted octanol–water partition coefficient (Wildman–Crippen LogP) is -0.411. The Labute approximate surface area is 85.1 Å². The number of nitrogen functional groups attached to an aromatic ring is 1. The van der Waals surface area contributed by atoms with E-state index in [4.69, 9.17) is 5.73 Å². The molecular weight excluding hydrogens is 196 g/mol. The van der Waals surface area contributed by atoms with E-state index in [-0.39, 0.29) is 17.0 Å². The van der Waals surface area contributed by atoms with Gasteiger partial charge in [0.1, 0.15) is 0 Å². The van der Waals surface area contributed by atoms with Crippen molar-refractivity contribution in [2.75, 3.05) is 5.73 Å². The summed E-state index contributed by atoms with van der Waals surface area (Å²) in [5, 5.41) is 0. The highest BCUT2D eigenvalue weighted by molar-refractivity contribution is 5.57. The molecular formula is C9H10N4O2. The van der Waals surface area contributed by atoms with E-state index in [1.807, 2.05) is 6.07 Å². The first-order valence-electron chi connectivity index (χ1n) is 4.03. The Bertz CT molecular complexity index is 495. The average Bonchev–Trinajstić information content (AvgIpc) is 2.18. The lowest BCUT2D eigenvalue weighted by molar-refractivity contribution is 0.824. The van der Waals surface area contributed by atoms with E-state index in [9.17, 15) is 4.79 Å². The molecule has 0 aromatic carbocycles. The molecule has 78 valence electrons. The first-order chi connectivity index (χ1) is 6.75. The molecule has 0 aliphatic carbocycles. The summed E-state index contributed by atoms with van der Waals surface area (Å²) in [4.78, 5) is 21.4. The van der Waals surface area contributed by atoms with Crippen LogP contribution in [-0.2, 0) is 0 Å². The van der Waals surface area contributed by atoms with E-state index in [0.717, 1.165) is 5.56 Å². The van der Waals surface area contributed by atoms with Crippen LogP contribution in [0.5, 0.6) is 0 Å². The Kier molecular flexibility index (Phi) is 3.14. The van der Waals surface area contributed by atoms with Crippen LogP contribution >= 0.6 is 0 Å². The molecule has 5 N–H and O–H groups in total. The number of nitrogens with one attached hydrogen (secondary N) is 1. The molecule has 2 aromatic heterocycles. The van der Waals surface area contributed by atoms with Crippen LogP contribution in [0, 0.1) is 0 Å². The van der Waals surface area contributed by atoms with Gasteiger partial charge in [0, 0.05) is 24.0 Å². The second kappa shape index (κ2) is 4.34. The number of hydrogen-bond donors (Lipinski definition) is 2. The van der Waals surface area contributed by atoms with Gasteiger partial charge >= 0.3 is 0 Å². The molecule has 0 saturated carbocycles. The molecule has 0 aliphatic heterocycles. The third-order valence-electron chi connectivity index (χ3n) is 1.72. The van der Waals surface area contributed by atoms with Gasteiger partial charge in [-0.3, -0.25) is 14.8 Å². The topological polar surface area (TPSA) is 116 Å². The van der Waals surface area contributed by atoms with Crippen LogP contribution in [0.4, 0.5) is 5.95 Å². The average molecular weight is 206 g/mol. The third-order valence-corrected chi connectivity index (χ3v) is 1.72. The maximum absolute atomic E-state index is 11.1. The van der Waals surface area contributed by atoms with Crippen molar-refractivity contribution in [3.05, 3.63) is 40.9 Å². The van der Waals surface area contributed by atoms with E-state index in [1.165, 1.54) is 6.07 Å². The summed E-state index contributed by atoms with van der Waals surface area (Å²) in [6.45, 7) is 0. The lowest BCUT2D eigenvalue weighted by Crippen LogP contribution is -2.10. The van der Waals surface area contributed by atoms with Gasteiger partial charge in [0.25, 0.3) is 5.56 Å². The van der Waals surface area contributed by atoms with Crippen molar-refractivity contribution in [1.29, 1.82) is 0 Å². The van der Waals surface area contributed by atoms with E-state index in [1.54, 1.807) is 18.5 Å². The van der Waals surface area contributed by atoms with Crippen molar-refractivity contribution in [3.63, 3.8) is 0 Å². The molecule has 0 aliphatic rings. The van der Waals surface area contributed by atoms with Gasteiger partial charge < -0.3 is 11.2 Å². The summed E-state index contributed by atoms with van der Waals surface area (Å²) >= 11 is 0. The molecule has 2 rings (SSSR count). The lowest BCUT2D eigenvalue weighted by atomic mass is 10.2. The lowest BCUT2D eigenvalue weighted by Gasteiger charge is -1.99. The summed E-state index contributed by atoms with van der Waals surface area (Å²) in [6, 6.07) is 4.97. The molecule has 0 radical (unpaired) electrons. The number of pyridine rings is 1. The summed E-state index contributed by atoms with van der Waals surface area (Å²) in [5.74, 6) is 0.108. The number of nitrogens with two attached hydrogens (primary N) is 1. The Morgan fingerprint density at radius 2 is 2.20 bits per heavy atom. The fourth-order valence-electron chi connectivity index (χ4n) is 1.14. The van der Waals surface area contributed by atoms with Crippen molar-refractivity contribution < 1.29 is 5.48 Å². The van der Waals surface area contributed by atoms with Gasteiger partial charge in [-0.15, -0.1) is 0 Å². The van der Waals surface area contributed by atoms with E-state index < -0.39 is 0 Å². The maximum atomic E-state index is 11.1. The highest BCUT2D eigenvalue weighted by atomic mass is 16.1. The summed E-state index contributed by atoms with van der Waals surface area (Å²) < 4.78 is 0. The number of aromatic nitrogens is 3. The SMILES string of the molecule is Nc1nc(-c2cccnc2)cc(=O)[nH]1.O. The molecule has 0 atom stereocenters. The van der Waals surface area contributed by atoms with Crippen LogP contribution in [0.2, 0.25) is 0 Å². The molecule has 0 unspecified atom stereocenters. The first-order valence-corrected chi connectivity index (χ1v) is 4.03. The summed E-state index contributed by atoms with van der Waals surface area (Å²) in [6.07, 6.45) is 3.28. The zero-order valence-electron chi connectivity index (χ0n) is 7.77. The number of rotatable bonds is 1. The quantitative estimate of drug-likeness (QED) is 0.659. The minimum Gasteiger partial charge on any atom is -0.412 e. The molecule has 0 saturated heterocycles. The number of anilines is 1. The van der Waals surface area contributed by atoms with Crippen molar-refractivity contribution >= 4 is 5.95 Å². The van der Waals surface area contributed by atoms with Crippen molar-refractivity contribution in [2.45, 2.75) is 0 Å². The fourth-order valence-corrected chi connectivity index (χ4v) is 1.14. The largest absolute Gasteiger partial charge is 0.412 e. The Morgan fingerprint density at radius 3 is 2.80 bits per heavy atom. The van der Waals surface area contributed by atoms with Gasteiger partial charge in [0.05, 0.1) is 5.69 Å². The molecule has 6 nitrogen and oxygen atoms in total. The van der Waals surface area contributed by atoms with E-state index >= 15 is 0 Å². The fraction of sp³-hybridized carbons (Fsp3) is 0. The van der Waals surface area contributed by atoms with Crippen LogP contribution in [-0.4, -0.2) is 20.4 Å². The molecule has 15 heavy (non-hydrogen) atoms. The van der Waals surface area contributed by atoms with Crippen molar-refractivity contribution in [3.8, 4) is 11.3 Å². The monoisotopic (exact) mass is 206 g/mol. The van der Waals surface area contributed by atoms with Gasteiger partial charge in [0.15, 0.2) is 0 Å². The molecule has 0 amide bonds. The minimum atomic E-state index is -0.267. The Hall–Kier alpha value is -2.21. The van der Waals surface area contributed by atoms with Crippen LogP contribution in [0.25, 0.3) is 11.3 Å². The number of H-pyrrole nitrogens is 1. The van der Waals surface area contributed by atoms with Gasteiger partial charge in [-0.1, -0.05) is 0 Å². The smallest absolute Gasteiger partial charge is 0.252 e. The van der Waals surface area contributed by atoms with Gasteiger partial charge in [-0.2, -0.15) is 0 Å². The standard InChI is InChI=1S/C9H8N4O.H2O/c10-9-12-7(4-8(14)13-9)6-2-1-3-11-5-6;/h1-5H,(H3,10,12,13,14);1H2. The zero-order valence-corrected chi connectivity index (χ0v) is 7.77. The number of nitrogens with zero attached hydrogens (tertiary/aromatic N) is 2. The maximum Gasteiger partial charge on any atom is 0.252 e. The van der Waals surface area contributed by atoms with E-state index in [0.29, 0.717) is 5.69 Å². The number of hydrogen-bond acceptors (Lipinski definition) is 4. The van der Waals surface area contributed by atoms with Crippen LogP contribution in [0.3, 0.4) is 0 Å². The Morgan fingerprint density at radius 1 is 1.40 bits per heavy atom. The second-order valence-electron chi connectivity index (χ2n) is 2.76. The molecule has 0 fully saturated rings. The second-order valence-corrected chi connectivity index (χ2v) is 2.76. The van der Waals surface area contributed by atoms with Crippen molar-refractivity contribution in [1.82, 2.24) is 15.0 Å². The first kappa shape index (κ1) is 10.9. The van der Waals surface area contributed by atoms with Gasteiger partial charge in [0.2, 0.25) is 5.95 Å². The van der Waals surface area contributed by atoms with Gasteiger partial charge in [-0.25, -0.2) is 4.98 Å². The van der Waals surface area contributed by atoms with Crippen molar-refractivity contribution in [2.24, 2.45) is 0 Å². The molecule has 0 bridgehead atoms. The molecule has 0 spiro atoms. The summed E-state index contributed by atoms with van der Waals surface area (Å²) in [5.41, 5.74) is 6.44. The van der Waals surface area contributed by atoms with E-state index in [2.05, 4.69) is 15.0 Å². The van der Waals surface area contributed by atoms with Crippen LogP contribution < -0.4 is 11.3 Å². The highest BCUT2D eigenvalue weighted by Gasteiger charge is 2.00. The normalized spacial score (nSPS) is 9.33. The number of aromatic amines is 1. The minimum absolute atomic E-state index is 0. The molecule has 2 heterocycles. The summed E-state index contributed by atoms with van der Waals surface area (Å²) in [7, 11) is 0.